The summed E-state index contributed by atoms with van der Waals surface area (Å²) in [6.45, 7) is 4.32. The number of carbonyl (C=O) groups is 1. The molecule has 1 heterocycles. The van der Waals surface area contributed by atoms with Crippen molar-refractivity contribution in [2.24, 2.45) is 0 Å². The predicted molar refractivity (Wildman–Crippen MR) is 88.3 cm³/mol. The number of ketones is 1. The third-order valence-corrected chi connectivity index (χ3v) is 4.19. The summed E-state index contributed by atoms with van der Waals surface area (Å²) in [6, 6.07) is 10.8. The second kappa shape index (κ2) is 6.69. The minimum absolute atomic E-state index is 0.100. The lowest BCUT2D eigenvalue weighted by Gasteiger charge is -2.39. The average Bonchev–Trinajstić information content (AvgIpc) is 2.54. The van der Waals surface area contributed by atoms with Crippen LogP contribution in [0.4, 0.5) is 14.5 Å². The first-order valence-corrected chi connectivity index (χ1v) is 7.91. The van der Waals surface area contributed by atoms with E-state index in [1.165, 1.54) is 25.1 Å². The molecular formula is C19H19F2NO2. The number of benzene rings is 2. The number of morpholine rings is 1. The van der Waals surface area contributed by atoms with E-state index in [-0.39, 0.29) is 29.4 Å². The summed E-state index contributed by atoms with van der Waals surface area (Å²) in [6.07, 6.45) is -0.366. The highest BCUT2D eigenvalue weighted by molar-refractivity contribution is 6.00. The summed E-state index contributed by atoms with van der Waals surface area (Å²) in [5, 5.41) is 0. The summed E-state index contributed by atoms with van der Waals surface area (Å²) < 4.78 is 33.2. The summed E-state index contributed by atoms with van der Waals surface area (Å²) in [5.41, 5.74) is 1.53. The minimum Gasteiger partial charge on any atom is -0.367 e. The molecule has 0 radical (unpaired) electrons. The Kier molecular flexibility index (Phi) is 4.62. The highest BCUT2D eigenvalue weighted by atomic mass is 19.1. The average molecular weight is 331 g/mol. The van der Waals surface area contributed by atoms with Crippen molar-refractivity contribution in [2.75, 3.05) is 18.0 Å². The van der Waals surface area contributed by atoms with E-state index >= 15 is 0 Å². The number of anilines is 1. The molecule has 1 fully saturated rings. The Labute approximate surface area is 139 Å². The largest absolute Gasteiger partial charge is 0.367 e. The zero-order valence-electron chi connectivity index (χ0n) is 13.6. The first-order chi connectivity index (χ1) is 11.5. The van der Waals surface area contributed by atoms with E-state index in [4.69, 9.17) is 4.74 Å². The van der Waals surface area contributed by atoms with Crippen molar-refractivity contribution < 1.29 is 18.3 Å². The number of hydrogen-bond acceptors (Lipinski definition) is 3. The fourth-order valence-corrected chi connectivity index (χ4v) is 3.13. The van der Waals surface area contributed by atoms with Crippen LogP contribution in [0.1, 0.15) is 35.9 Å². The van der Waals surface area contributed by atoms with Crippen LogP contribution in [0.2, 0.25) is 0 Å². The van der Waals surface area contributed by atoms with Crippen molar-refractivity contribution in [2.45, 2.75) is 26.1 Å². The molecule has 0 spiro atoms. The van der Waals surface area contributed by atoms with Gasteiger partial charge in [0.25, 0.3) is 0 Å². The zero-order valence-corrected chi connectivity index (χ0v) is 13.6. The molecule has 1 aliphatic heterocycles. The Morgan fingerprint density at radius 2 is 1.83 bits per heavy atom. The van der Waals surface area contributed by atoms with Gasteiger partial charge in [0, 0.05) is 13.1 Å². The lowest BCUT2D eigenvalue weighted by molar-refractivity contribution is -0.0174. The highest BCUT2D eigenvalue weighted by Crippen LogP contribution is 2.31. The van der Waals surface area contributed by atoms with E-state index in [2.05, 4.69) is 0 Å². The maximum absolute atomic E-state index is 14.1. The molecule has 3 nitrogen and oxygen atoms in total. The van der Waals surface area contributed by atoms with Crippen LogP contribution in [0.5, 0.6) is 0 Å². The Hall–Kier alpha value is -2.27. The molecule has 0 aromatic heterocycles. The molecule has 2 unspecified atom stereocenters. The number of hydrogen-bond donors (Lipinski definition) is 0. The molecule has 0 N–H and O–H groups in total. The minimum atomic E-state index is -0.516. The van der Waals surface area contributed by atoms with Gasteiger partial charge in [-0.3, -0.25) is 4.79 Å². The third kappa shape index (κ3) is 3.31. The lowest BCUT2D eigenvalue weighted by Crippen LogP contribution is -2.43. The van der Waals surface area contributed by atoms with Crippen molar-refractivity contribution in [3.05, 3.63) is 65.2 Å². The van der Waals surface area contributed by atoms with Gasteiger partial charge in [0.2, 0.25) is 0 Å². The van der Waals surface area contributed by atoms with Gasteiger partial charge < -0.3 is 9.64 Å². The summed E-state index contributed by atoms with van der Waals surface area (Å²) in [7, 11) is 0. The summed E-state index contributed by atoms with van der Waals surface area (Å²) >= 11 is 0. The van der Waals surface area contributed by atoms with Gasteiger partial charge in [-0.15, -0.1) is 0 Å². The molecule has 2 aromatic rings. The molecule has 0 saturated carbocycles. The first-order valence-electron chi connectivity index (χ1n) is 7.91. The number of ether oxygens (including phenoxy) is 1. The molecule has 1 saturated heterocycles. The molecule has 0 aliphatic carbocycles. The number of halogens is 2. The Morgan fingerprint density at radius 1 is 1.12 bits per heavy atom. The van der Waals surface area contributed by atoms with Crippen molar-refractivity contribution >= 4 is 11.5 Å². The fraction of sp³-hybridized carbons (Fsp3) is 0.316. The van der Waals surface area contributed by atoms with E-state index in [9.17, 15) is 13.6 Å². The molecule has 126 valence electrons. The van der Waals surface area contributed by atoms with Crippen LogP contribution in [0, 0.1) is 11.6 Å². The highest BCUT2D eigenvalue weighted by Gasteiger charge is 2.29. The second-order valence-electron chi connectivity index (χ2n) is 6.08. The van der Waals surface area contributed by atoms with Gasteiger partial charge in [-0.1, -0.05) is 18.2 Å². The van der Waals surface area contributed by atoms with Crippen LogP contribution in [0.3, 0.4) is 0 Å². The van der Waals surface area contributed by atoms with Gasteiger partial charge in [-0.2, -0.15) is 0 Å². The molecule has 5 heteroatoms. The van der Waals surface area contributed by atoms with Crippen molar-refractivity contribution in [1.82, 2.24) is 0 Å². The third-order valence-electron chi connectivity index (χ3n) is 4.19. The van der Waals surface area contributed by atoms with Gasteiger partial charge >= 0.3 is 0 Å². The number of nitrogens with zero attached hydrogens (tertiary/aromatic N) is 1. The molecule has 2 atom stereocenters. The maximum atomic E-state index is 14.1. The van der Waals surface area contributed by atoms with E-state index < -0.39 is 5.82 Å². The van der Waals surface area contributed by atoms with Gasteiger partial charge in [-0.25, -0.2) is 8.78 Å². The second-order valence-corrected chi connectivity index (χ2v) is 6.08. The number of carbonyl (C=O) groups excluding carboxylic acids is 1. The molecule has 0 bridgehead atoms. The normalized spacial score (nSPS) is 20.9. The fourth-order valence-electron chi connectivity index (χ4n) is 3.13. The molecule has 1 aliphatic rings. The smallest absolute Gasteiger partial charge is 0.164 e. The molecule has 3 rings (SSSR count). The Balaban J connectivity index is 1.93. The topological polar surface area (TPSA) is 29.5 Å². The van der Waals surface area contributed by atoms with Gasteiger partial charge in [0.15, 0.2) is 5.78 Å². The Bertz CT molecular complexity index is 746. The van der Waals surface area contributed by atoms with Crippen LogP contribution >= 0.6 is 0 Å². The van der Waals surface area contributed by atoms with Gasteiger partial charge in [-0.05, 0) is 43.7 Å². The molecule has 24 heavy (non-hydrogen) atoms. The zero-order chi connectivity index (χ0) is 17.3. The number of Topliss-reactive ketones (excluding diaryl/α,β-unsaturated/α-hetero) is 1. The predicted octanol–water partition coefficient (Wildman–Crippen LogP) is 4.13. The summed E-state index contributed by atoms with van der Waals surface area (Å²) in [4.78, 5) is 13.8. The molecular weight excluding hydrogens is 312 g/mol. The lowest BCUT2D eigenvalue weighted by atomic mass is 10.0. The van der Waals surface area contributed by atoms with Crippen LogP contribution in [0.15, 0.2) is 42.5 Å². The Morgan fingerprint density at radius 3 is 2.50 bits per heavy atom. The van der Waals surface area contributed by atoms with E-state index in [0.717, 1.165) is 5.56 Å². The first kappa shape index (κ1) is 16.6. The van der Waals surface area contributed by atoms with E-state index in [0.29, 0.717) is 18.8 Å². The SMILES string of the molecule is CC(=O)c1c(F)cccc1N1CC(C)OC(c2ccc(F)cc2)C1. The number of rotatable bonds is 3. The van der Waals surface area contributed by atoms with Crippen LogP contribution in [0.25, 0.3) is 0 Å². The molecule has 2 aromatic carbocycles. The van der Waals surface area contributed by atoms with Crippen LogP contribution in [-0.4, -0.2) is 25.0 Å². The van der Waals surface area contributed by atoms with Crippen molar-refractivity contribution in [1.29, 1.82) is 0 Å². The van der Waals surface area contributed by atoms with Crippen molar-refractivity contribution in [3.8, 4) is 0 Å². The van der Waals surface area contributed by atoms with E-state index in [1.807, 2.05) is 11.8 Å². The quantitative estimate of drug-likeness (QED) is 0.792. The van der Waals surface area contributed by atoms with Crippen LogP contribution < -0.4 is 4.90 Å². The van der Waals surface area contributed by atoms with Crippen LogP contribution in [-0.2, 0) is 4.74 Å². The van der Waals surface area contributed by atoms with Gasteiger partial charge in [0.1, 0.15) is 17.7 Å². The van der Waals surface area contributed by atoms with Gasteiger partial charge in [0.05, 0.1) is 17.4 Å². The standard InChI is InChI=1S/C19H19F2NO2/c1-12-10-22(17-5-3-4-16(21)19(17)13(2)23)11-18(24-12)14-6-8-15(20)9-7-14/h3-9,12,18H,10-11H2,1-2H3. The van der Waals surface area contributed by atoms with E-state index in [1.54, 1.807) is 24.3 Å². The maximum Gasteiger partial charge on any atom is 0.164 e. The molecule has 0 amide bonds. The summed E-state index contributed by atoms with van der Waals surface area (Å²) in [5.74, 6) is -1.12. The van der Waals surface area contributed by atoms with Crippen molar-refractivity contribution in [3.63, 3.8) is 0 Å². The monoisotopic (exact) mass is 331 g/mol.